The van der Waals surface area contributed by atoms with Gasteiger partial charge >= 0.3 is 0 Å². The topological polar surface area (TPSA) is 93.3 Å². The van der Waals surface area contributed by atoms with Gasteiger partial charge in [0.25, 0.3) is 5.69 Å². The van der Waals surface area contributed by atoms with Crippen molar-refractivity contribution in [3.63, 3.8) is 0 Å². The minimum Gasteiger partial charge on any atom is -0.329 e. The molecule has 0 aliphatic carbocycles. The van der Waals surface area contributed by atoms with Gasteiger partial charge in [-0.2, -0.15) is 0 Å². The van der Waals surface area contributed by atoms with E-state index in [1.54, 1.807) is 37.4 Å². The molecule has 30 heavy (non-hydrogen) atoms. The highest BCUT2D eigenvalue weighted by Gasteiger charge is 2.28. The average molecular weight is 423 g/mol. The molecule has 0 fully saturated rings. The first kappa shape index (κ1) is 20.0. The maximum Gasteiger partial charge on any atom is 0.276 e. The van der Waals surface area contributed by atoms with Gasteiger partial charge in [0.15, 0.2) is 4.96 Å². The van der Waals surface area contributed by atoms with Crippen molar-refractivity contribution >= 4 is 22.0 Å². The number of benzene rings is 1. The molecule has 0 spiro atoms. The van der Waals surface area contributed by atoms with Crippen molar-refractivity contribution in [3.05, 3.63) is 71.6 Å². The predicted molar refractivity (Wildman–Crippen MR) is 120 cm³/mol. The lowest BCUT2D eigenvalue weighted by molar-refractivity contribution is -0.386. The maximum absolute atomic E-state index is 12.1. The average Bonchev–Trinajstić information content (AvgIpc) is 3.16. The Hall–Kier alpha value is -3.26. The molecule has 0 bridgehead atoms. The Labute approximate surface area is 177 Å². The van der Waals surface area contributed by atoms with Gasteiger partial charge in [-0.3, -0.25) is 19.3 Å². The highest BCUT2D eigenvalue weighted by Crippen LogP contribution is 2.43. The maximum atomic E-state index is 12.1. The lowest BCUT2D eigenvalue weighted by Gasteiger charge is -2.16. The first-order valence-electron chi connectivity index (χ1n) is 9.56. The van der Waals surface area contributed by atoms with Crippen molar-refractivity contribution in [2.75, 3.05) is 0 Å². The van der Waals surface area contributed by atoms with Gasteiger partial charge in [0.2, 0.25) is 5.56 Å². The standard InChI is InChI=1S/C22H22N4O3S/c1-10-11(2)18(13(4)20(12(10)3)26(28)29)19-21(16-7-8-23-17(27)9-16)25-14(5)15(6)30-22(25)24-19/h7-9H,1-6H3,(H,23,27). The minimum absolute atomic E-state index is 0.120. The fraction of sp³-hybridized carbons (Fsp3) is 0.273. The molecule has 4 rings (SSSR count). The van der Waals surface area contributed by atoms with E-state index < -0.39 is 0 Å². The summed E-state index contributed by atoms with van der Waals surface area (Å²) >= 11 is 1.57. The van der Waals surface area contributed by atoms with Crippen LogP contribution in [0.2, 0.25) is 0 Å². The van der Waals surface area contributed by atoms with Gasteiger partial charge in [0, 0.05) is 45.1 Å². The first-order valence-corrected chi connectivity index (χ1v) is 10.4. The zero-order chi connectivity index (χ0) is 21.9. The second-order valence-corrected chi connectivity index (χ2v) is 8.77. The van der Waals surface area contributed by atoms with E-state index in [0.29, 0.717) is 16.8 Å². The lowest BCUT2D eigenvalue weighted by Crippen LogP contribution is -2.05. The van der Waals surface area contributed by atoms with Gasteiger partial charge in [-0.1, -0.05) is 0 Å². The summed E-state index contributed by atoms with van der Waals surface area (Å²) < 4.78 is 2.05. The number of aryl methyl sites for hydroxylation is 2. The quantitative estimate of drug-likeness (QED) is 0.364. The van der Waals surface area contributed by atoms with Crippen LogP contribution in [0.3, 0.4) is 0 Å². The summed E-state index contributed by atoms with van der Waals surface area (Å²) in [5, 5.41) is 11.8. The molecule has 0 atom stereocenters. The molecule has 0 saturated heterocycles. The Morgan fingerprint density at radius 1 is 1.07 bits per heavy atom. The molecule has 3 aromatic heterocycles. The Balaban J connectivity index is 2.20. The molecule has 1 N–H and O–H groups in total. The summed E-state index contributed by atoms with van der Waals surface area (Å²) in [6.07, 6.45) is 1.61. The zero-order valence-corrected chi connectivity index (χ0v) is 18.5. The second-order valence-electron chi connectivity index (χ2n) is 7.59. The summed E-state index contributed by atoms with van der Waals surface area (Å²) in [6.45, 7) is 11.5. The highest BCUT2D eigenvalue weighted by molar-refractivity contribution is 7.17. The number of nitro groups is 1. The number of nitrogens with zero attached hydrogens (tertiary/aromatic N) is 3. The molecule has 8 heteroatoms. The van der Waals surface area contributed by atoms with Crippen molar-refractivity contribution in [2.45, 2.75) is 41.5 Å². The number of nitrogens with one attached hydrogen (secondary N) is 1. The monoisotopic (exact) mass is 422 g/mol. The Bertz CT molecular complexity index is 1410. The molecule has 0 unspecified atom stereocenters. The number of nitro benzene ring substituents is 1. The fourth-order valence-electron chi connectivity index (χ4n) is 4.14. The van der Waals surface area contributed by atoms with Crippen LogP contribution in [-0.2, 0) is 0 Å². The van der Waals surface area contributed by atoms with Crippen LogP contribution in [0.5, 0.6) is 0 Å². The fourth-order valence-corrected chi connectivity index (χ4v) is 5.11. The Morgan fingerprint density at radius 2 is 1.77 bits per heavy atom. The van der Waals surface area contributed by atoms with E-state index in [-0.39, 0.29) is 16.2 Å². The van der Waals surface area contributed by atoms with Gasteiger partial charge in [0.1, 0.15) is 0 Å². The number of thiazole rings is 1. The summed E-state index contributed by atoms with van der Waals surface area (Å²) in [5.74, 6) is 0. The molecule has 154 valence electrons. The Kier molecular flexibility index (Phi) is 4.62. The van der Waals surface area contributed by atoms with Crippen LogP contribution in [0.25, 0.3) is 27.5 Å². The normalized spacial score (nSPS) is 11.4. The summed E-state index contributed by atoms with van der Waals surface area (Å²) in [6, 6.07) is 3.38. The molecule has 0 aliphatic heterocycles. The SMILES string of the molecule is Cc1sc2nc(-c3c(C)c(C)c(C)c([N+](=O)[O-])c3C)c(-c3cc[nH]c(=O)c3)n2c1C. The van der Waals surface area contributed by atoms with E-state index in [1.807, 2.05) is 38.2 Å². The van der Waals surface area contributed by atoms with Crippen molar-refractivity contribution in [2.24, 2.45) is 0 Å². The number of hydrogen-bond acceptors (Lipinski definition) is 5. The molecule has 1 aromatic carbocycles. The summed E-state index contributed by atoms with van der Waals surface area (Å²) in [5.41, 5.74) is 6.97. The number of pyridine rings is 1. The van der Waals surface area contributed by atoms with Crippen LogP contribution in [0.1, 0.15) is 32.8 Å². The third kappa shape index (κ3) is 2.79. The predicted octanol–water partition coefficient (Wildman–Crippen LogP) is 5.18. The van der Waals surface area contributed by atoms with Crippen LogP contribution >= 0.6 is 11.3 Å². The smallest absolute Gasteiger partial charge is 0.276 e. The van der Waals surface area contributed by atoms with E-state index in [2.05, 4.69) is 4.98 Å². The van der Waals surface area contributed by atoms with Crippen molar-refractivity contribution < 1.29 is 4.92 Å². The van der Waals surface area contributed by atoms with Crippen molar-refractivity contribution in [1.29, 1.82) is 0 Å². The van der Waals surface area contributed by atoms with E-state index >= 15 is 0 Å². The van der Waals surface area contributed by atoms with E-state index in [1.165, 1.54) is 0 Å². The largest absolute Gasteiger partial charge is 0.329 e. The summed E-state index contributed by atoms with van der Waals surface area (Å²) in [7, 11) is 0. The van der Waals surface area contributed by atoms with E-state index in [9.17, 15) is 14.9 Å². The third-order valence-electron chi connectivity index (χ3n) is 5.99. The minimum atomic E-state index is -0.318. The molecule has 7 nitrogen and oxygen atoms in total. The van der Waals surface area contributed by atoms with Crippen molar-refractivity contribution in [1.82, 2.24) is 14.4 Å². The molecule has 0 radical (unpaired) electrons. The summed E-state index contributed by atoms with van der Waals surface area (Å²) in [4.78, 5) is 33.1. The highest BCUT2D eigenvalue weighted by atomic mass is 32.1. The van der Waals surface area contributed by atoms with Gasteiger partial charge in [-0.25, -0.2) is 4.98 Å². The first-order chi connectivity index (χ1) is 14.1. The molecular weight excluding hydrogens is 400 g/mol. The van der Waals surface area contributed by atoms with E-state index in [0.717, 1.165) is 43.5 Å². The number of hydrogen-bond donors (Lipinski definition) is 1. The van der Waals surface area contributed by atoms with Crippen LogP contribution in [0.4, 0.5) is 5.69 Å². The molecule has 0 amide bonds. The molecule has 0 aliphatic rings. The number of H-pyrrole nitrogens is 1. The number of imidazole rings is 1. The second kappa shape index (κ2) is 6.91. The van der Waals surface area contributed by atoms with Crippen LogP contribution in [0, 0.1) is 51.7 Å². The molecule has 0 saturated carbocycles. The number of aromatic amines is 1. The molecule has 4 aromatic rings. The van der Waals surface area contributed by atoms with Crippen LogP contribution < -0.4 is 5.56 Å². The number of aromatic nitrogens is 3. The lowest BCUT2D eigenvalue weighted by atomic mass is 9.89. The molecular formula is C22H22N4O3S. The van der Waals surface area contributed by atoms with Gasteiger partial charge in [-0.05, 0) is 58.7 Å². The van der Waals surface area contributed by atoms with E-state index in [4.69, 9.17) is 4.98 Å². The van der Waals surface area contributed by atoms with Gasteiger partial charge in [-0.15, -0.1) is 11.3 Å². The zero-order valence-electron chi connectivity index (χ0n) is 17.7. The Morgan fingerprint density at radius 3 is 2.40 bits per heavy atom. The van der Waals surface area contributed by atoms with Gasteiger partial charge in [0.05, 0.1) is 16.3 Å². The number of rotatable bonds is 3. The molecule has 3 heterocycles. The third-order valence-corrected chi connectivity index (χ3v) is 7.05. The van der Waals surface area contributed by atoms with Gasteiger partial charge < -0.3 is 4.98 Å². The van der Waals surface area contributed by atoms with Crippen LogP contribution in [0.15, 0.2) is 23.1 Å². The van der Waals surface area contributed by atoms with Crippen LogP contribution in [-0.4, -0.2) is 19.3 Å². The number of fused-ring (bicyclic) bond motifs is 1. The van der Waals surface area contributed by atoms with Crippen molar-refractivity contribution in [3.8, 4) is 22.5 Å².